The Morgan fingerprint density at radius 3 is 2.77 bits per heavy atom. The molecule has 0 spiro atoms. The molecule has 3 heterocycles. The van der Waals surface area contributed by atoms with Crippen LogP contribution in [0, 0.1) is 11.8 Å². The molecule has 2 fully saturated rings. The third kappa shape index (κ3) is 2.34. The van der Waals surface area contributed by atoms with Crippen molar-refractivity contribution in [3.63, 3.8) is 0 Å². The quantitative estimate of drug-likeness (QED) is 0.445. The molecule has 0 radical (unpaired) electrons. The van der Waals surface area contributed by atoms with Crippen LogP contribution < -0.4 is 4.74 Å². The van der Waals surface area contributed by atoms with Gasteiger partial charge in [-0.2, -0.15) is 0 Å². The van der Waals surface area contributed by atoms with Gasteiger partial charge in [0.15, 0.2) is 0 Å². The first-order valence-electron chi connectivity index (χ1n) is 8.44. The lowest BCUT2D eigenvalue weighted by atomic mass is 9.77. The van der Waals surface area contributed by atoms with E-state index in [1.807, 2.05) is 18.2 Å². The maximum absolute atomic E-state index is 13.1. The number of imide groups is 1. The van der Waals surface area contributed by atoms with E-state index in [4.69, 9.17) is 14.2 Å². The van der Waals surface area contributed by atoms with Crippen molar-refractivity contribution < 1.29 is 28.6 Å². The van der Waals surface area contributed by atoms with Gasteiger partial charge in [0.05, 0.1) is 31.6 Å². The fourth-order valence-corrected chi connectivity index (χ4v) is 4.10. The molecule has 3 aliphatic rings. The number of esters is 1. The minimum absolute atomic E-state index is 0.0714. The van der Waals surface area contributed by atoms with Crippen molar-refractivity contribution in [2.75, 3.05) is 13.7 Å². The molecule has 7 heteroatoms. The standard InChI is InChI=1S/C19H19NO6/c1-11(21)25-10-19-8-7-14(26-19)15-16(19)18(23)20(17(15)22)9-12-5-3-4-6-13(12)24-2/h3-8,14-16H,9-10H2,1-2H3/t14-,15-,16-,19+/m1/s1. The first-order chi connectivity index (χ1) is 12.5. The van der Waals surface area contributed by atoms with Gasteiger partial charge in [-0.15, -0.1) is 0 Å². The highest BCUT2D eigenvalue weighted by Crippen LogP contribution is 2.52. The average Bonchev–Trinajstić information content (AvgIpc) is 3.27. The molecule has 136 valence electrons. The summed E-state index contributed by atoms with van der Waals surface area (Å²) in [5.41, 5.74) is -0.296. The lowest BCUT2D eigenvalue weighted by Crippen LogP contribution is -2.44. The molecule has 26 heavy (non-hydrogen) atoms. The molecule has 2 amide bonds. The monoisotopic (exact) mass is 357 g/mol. The summed E-state index contributed by atoms with van der Waals surface area (Å²) in [4.78, 5) is 38.4. The molecule has 1 aromatic carbocycles. The maximum atomic E-state index is 13.1. The van der Waals surface area contributed by atoms with Crippen molar-refractivity contribution in [2.45, 2.75) is 25.2 Å². The topological polar surface area (TPSA) is 82.1 Å². The molecule has 7 nitrogen and oxygen atoms in total. The number of likely N-dealkylation sites (tertiary alicyclic amines) is 1. The van der Waals surface area contributed by atoms with Crippen molar-refractivity contribution in [3.05, 3.63) is 42.0 Å². The van der Waals surface area contributed by atoms with E-state index in [2.05, 4.69) is 0 Å². The van der Waals surface area contributed by atoms with Gasteiger partial charge in [-0.05, 0) is 12.1 Å². The van der Waals surface area contributed by atoms with Crippen molar-refractivity contribution in [3.8, 4) is 5.75 Å². The van der Waals surface area contributed by atoms with Gasteiger partial charge in [0.2, 0.25) is 11.8 Å². The first kappa shape index (κ1) is 16.8. The van der Waals surface area contributed by atoms with Gasteiger partial charge >= 0.3 is 5.97 Å². The number of rotatable bonds is 5. The molecule has 0 unspecified atom stereocenters. The molecule has 0 N–H and O–H groups in total. The summed E-state index contributed by atoms with van der Waals surface area (Å²) in [5.74, 6) is -1.63. The second kappa shape index (κ2) is 5.95. The van der Waals surface area contributed by atoms with Gasteiger partial charge in [-0.25, -0.2) is 0 Å². The van der Waals surface area contributed by atoms with Crippen LogP contribution in [-0.2, 0) is 30.4 Å². The molecular weight excluding hydrogens is 338 g/mol. The van der Waals surface area contributed by atoms with Gasteiger partial charge in [0.25, 0.3) is 0 Å². The van der Waals surface area contributed by atoms with Crippen molar-refractivity contribution in [2.24, 2.45) is 11.8 Å². The Bertz CT molecular complexity index is 818. The molecule has 4 atom stereocenters. The van der Waals surface area contributed by atoms with Gasteiger partial charge < -0.3 is 14.2 Å². The molecular formula is C19H19NO6. The highest BCUT2D eigenvalue weighted by Gasteiger charge is 2.68. The van der Waals surface area contributed by atoms with E-state index >= 15 is 0 Å². The number of hydrogen-bond acceptors (Lipinski definition) is 6. The smallest absolute Gasteiger partial charge is 0.302 e. The number of para-hydroxylation sites is 1. The predicted molar refractivity (Wildman–Crippen MR) is 88.9 cm³/mol. The van der Waals surface area contributed by atoms with Crippen LogP contribution in [-0.4, -0.2) is 48.1 Å². The Hall–Kier alpha value is -2.67. The Labute approximate surface area is 150 Å². The van der Waals surface area contributed by atoms with Crippen LogP contribution in [0.5, 0.6) is 5.75 Å². The zero-order valence-electron chi connectivity index (χ0n) is 14.5. The zero-order valence-corrected chi connectivity index (χ0v) is 14.5. The minimum atomic E-state index is -1.05. The fraction of sp³-hybridized carbons (Fsp3) is 0.421. The second-order valence-corrected chi connectivity index (χ2v) is 6.75. The van der Waals surface area contributed by atoms with Gasteiger partial charge in [0, 0.05) is 12.5 Å². The Morgan fingerprint density at radius 1 is 1.27 bits per heavy atom. The summed E-state index contributed by atoms with van der Waals surface area (Å²) in [6.45, 7) is 1.37. The summed E-state index contributed by atoms with van der Waals surface area (Å²) in [6, 6.07) is 7.28. The largest absolute Gasteiger partial charge is 0.496 e. The third-order valence-corrected chi connectivity index (χ3v) is 5.27. The summed E-state index contributed by atoms with van der Waals surface area (Å²) in [5, 5.41) is 0. The van der Waals surface area contributed by atoms with E-state index in [1.165, 1.54) is 11.8 Å². The van der Waals surface area contributed by atoms with E-state index in [9.17, 15) is 14.4 Å². The number of nitrogens with zero attached hydrogens (tertiary/aromatic N) is 1. The number of ether oxygens (including phenoxy) is 3. The highest BCUT2D eigenvalue weighted by atomic mass is 16.6. The Kier molecular flexibility index (Phi) is 3.84. The number of benzene rings is 1. The molecule has 4 rings (SSSR count). The SMILES string of the molecule is COc1ccccc1CN1C(=O)[C@@H]2[C@H]3C=C[C@@](COC(C)=O)(O3)[C@H]2C1=O. The van der Waals surface area contributed by atoms with E-state index < -0.39 is 29.5 Å². The fourth-order valence-electron chi connectivity index (χ4n) is 4.10. The van der Waals surface area contributed by atoms with Crippen LogP contribution in [0.4, 0.5) is 0 Å². The van der Waals surface area contributed by atoms with Crippen molar-refractivity contribution in [1.29, 1.82) is 0 Å². The molecule has 2 saturated heterocycles. The Morgan fingerprint density at radius 2 is 2.04 bits per heavy atom. The van der Waals surface area contributed by atoms with E-state index in [-0.39, 0.29) is 25.0 Å². The first-order valence-corrected chi connectivity index (χ1v) is 8.44. The van der Waals surface area contributed by atoms with Crippen LogP contribution >= 0.6 is 0 Å². The molecule has 0 saturated carbocycles. The molecule has 3 aliphatic heterocycles. The van der Waals surface area contributed by atoms with E-state index in [0.29, 0.717) is 5.75 Å². The van der Waals surface area contributed by atoms with Crippen molar-refractivity contribution in [1.82, 2.24) is 4.90 Å². The van der Waals surface area contributed by atoms with Crippen LogP contribution in [0.3, 0.4) is 0 Å². The zero-order chi connectivity index (χ0) is 18.5. The van der Waals surface area contributed by atoms with Gasteiger partial charge in [-0.1, -0.05) is 24.3 Å². The number of amides is 2. The average molecular weight is 357 g/mol. The number of hydrogen-bond donors (Lipinski definition) is 0. The molecule has 0 aromatic heterocycles. The summed E-state index contributed by atoms with van der Waals surface area (Å²) < 4.78 is 16.3. The van der Waals surface area contributed by atoms with Crippen LogP contribution in [0.1, 0.15) is 12.5 Å². The molecule has 0 aliphatic carbocycles. The van der Waals surface area contributed by atoms with Gasteiger partial charge in [0.1, 0.15) is 18.0 Å². The summed E-state index contributed by atoms with van der Waals surface area (Å²) >= 11 is 0. The normalized spacial score (nSPS) is 31.5. The lowest BCUT2D eigenvalue weighted by molar-refractivity contribution is -0.155. The number of carbonyl (C=O) groups excluding carboxylic acids is 3. The van der Waals surface area contributed by atoms with E-state index in [0.717, 1.165) is 5.56 Å². The van der Waals surface area contributed by atoms with Gasteiger partial charge in [-0.3, -0.25) is 19.3 Å². The second-order valence-electron chi connectivity index (χ2n) is 6.75. The molecule has 2 bridgehead atoms. The molecule has 1 aromatic rings. The predicted octanol–water partition coefficient (Wildman–Crippen LogP) is 1.07. The third-order valence-electron chi connectivity index (χ3n) is 5.27. The lowest BCUT2D eigenvalue weighted by Gasteiger charge is -2.28. The Balaban J connectivity index is 1.61. The van der Waals surface area contributed by atoms with Crippen LogP contribution in [0.2, 0.25) is 0 Å². The van der Waals surface area contributed by atoms with E-state index in [1.54, 1.807) is 25.3 Å². The maximum Gasteiger partial charge on any atom is 0.302 e. The summed E-state index contributed by atoms with van der Waals surface area (Å²) in [7, 11) is 1.55. The van der Waals surface area contributed by atoms with Crippen LogP contribution in [0.25, 0.3) is 0 Å². The van der Waals surface area contributed by atoms with Crippen LogP contribution in [0.15, 0.2) is 36.4 Å². The number of fused-ring (bicyclic) bond motifs is 5. The highest BCUT2D eigenvalue weighted by molar-refractivity contribution is 6.07. The number of carbonyl (C=O) groups is 3. The van der Waals surface area contributed by atoms with Crippen molar-refractivity contribution >= 4 is 17.8 Å². The minimum Gasteiger partial charge on any atom is -0.496 e. The number of methoxy groups -OCH3 is 1. The summed E-state index contributed by atoms with van der Waals surface area (Å²) in [6.07, 6.45) is 3.07.